The van der Waals surface area contributed by atoms with Gasteiger partial charge < -0.3 is 10.2 Å². The number of hydrogen-bond acceptors (Lipinski definition) is 4. The summed E-state index contributed by atoms with van der Waals surface area (Å²) >= 11 is 0. The van der Waals surface area contributed by atoms with Crippen molar-refractivity contribution in [3.63, 3.8) is 0 Å². The molecule has 8 heteroatoms. The van der Waals surface area contributed by atoms with E-state index in [-0.39, 0.29) is 30.2 Å². The van der Waals surface area contributed by atoms with Crippen LogP contribution in [0.5, 0.6) is 0 Å². The Morgan fingerprint density at radius 1 is 1.15 bits per heavy atom. The Kier molecular flexibility index (Phi) is 5.50. The predicted molar refractivity (Wildman–Crippen MR) is 100 cm³/mol. The van der Waals surface area contributed by atoms with Crippen molar-refractivity contribution in [2.24, 2.45) is 5.92 Å². The van der Waals surface area contributed by atoms with E-state index in [1.165, 1.54) is 6.42 Å². The number of nitrogens with one attached hydrogen (secondary N) is 2. The van der Waals surface area contributed by atoms with Crippen LogP contribution in [0.2, 0.25) is 0 Å². The second-order valence-electron chi connectivity index (χ2n) is 7.18. The Morgan fingerprint density at radius 2 is 1.85 bits per heavy atom. The third kappa shape index (κ3) is 4.75. The average Bonchev–Trinajstić information content (AvgIpc) is 2.96. The van der Waals surface area contributed by atoms with Crippen molar-refractivity contribution in [2.75, 3.05) is 22.8 Å². The number of carbonyl (C=O) groups is 2. The van der Waals surface area contributed by atoms with Gasteiger partial charge in [0.2, 0.25) is 21.8 Å². The zero-order valence-electron chi connectivity index (χ0n) is 14.9. The number of carbonyl (C=O) groups excluding carboxylic acids is 2. The molecule has 2 fully saturated rings. The lowest BCUT2D eigenvalue weighted by molar-refractivity contribution is -0.130. The predicted octanol–water partition coefficient (Wildman–Crippen LogP) is 2.18. The van der Waals surface area contributed by atoms with Crippen LogP contribution in [0.15, 0.2) is 24.3 Å². The van der Waals surface area contributed by atoms with Crippen molar-refractivity contribution >= 4 is 33.2 Å². The second-order valence-corrected chi connectivity index (χ2v) is 8.93. The van der Waals surface area contributed by atoms with E-state index < -0.39 is 10.0 Å². The summed E-state index contributed by atoms with van der Waals surface area (Å²) in [6, 6.07) is 6.81. The van der Waals surface area contributed by atoms with Crippen LogP contribution in [-0.4, -0.2) is 44.0 Å². The normalized spacial score (nSPS) is 21.7. The van der Waals surface area contributed by atoms with Gasteiger partial charge in [0.15, 0.2) is 0 Å². The van der Waals surface area contributed by atoms with Gasteiger partial charge in [-0.15, -0.1) is 0 Å². The average molecular weight is 379 g/mol. The first-order valence-corrected chi connectivity index (χ1v) is 10.9. The number of sulfonamides is 1. The minimum Gasteiger partial charge on any atom is -0.339 e. The topological polar surface area (TPSA) is 95.6 Å². The molecule has 1 unspecified atom stereocenters. The van der Waals surface area contributed by atoms with Gasteiger partial charge >= 0.3 is 0 Å². The summed E-state index contributed by atoms with van der Waals surface area (Å²) < 4.78 is 25.0. The molecular weight excluding hydrogens is 354 g/mol. The maximum atomic E-state index is 12.6. The van der Waals surface area contributed by atoms with Crippen molar-refractivity contribution in [1.82, 2.24) is 4.90 Å². The molecule has 26 heavy (non-hydrogen) atoms. The van der Waals surface area contributed by atoms with Gasteiger partial charge in [-0.3, -0.25) is 14.3 Å². The molecule has 1 aliphatic carbocycles. The van der Waals surface area contributed by atoms with Crippen molar-refractivity contribution in [3.05, 3.63) is 24.3 Å². The van der Waals surface area contributed by atoms with E-state index in [1.54, 1.807) is 24.3 Å². The maximum absolute atomic E-state index is 12.6. The molecular formula is C18H25N3O4S. The highest BCUT2D eigenvalue weighted by Gasteiger charge is 2.38. The Morgan fingerprint density at radius 3 is 2.54 bits per heavy atom. The highest BCUT2D eigenvalue weighted by Crippen LogP contribution is 2.29. The SMILES string of the molecule is CS(=O)(=O)Nc1cccc(NC(=O)C2CC(=O)N(C3CCCCC3)C2)c1. The third-order valence-electron chi connectivity index (χ3n) is 4.98. The molecule has 0 radical (unpaired) electrons. The van der Waals surface area contributed by atoms with Crippen molar-refractivity contribution in [3.8, 4) is 0 Å². The lowest BCUT2D eigenvalue weighted by Crippen LogP contribution is -2.38. The zero-order chi connectivity index (χ0) is 18.7. The largest absolute Gasteiger partial charge is 0.339 e. The number of likely N-dealkylation sites (tertiary alicyclic amines) is 1. The summed E-state index contributed by atoms with van der Waals surface area (Å²) in [5.74, 6) is -0.506. The van der Waals surface area contributed by atoms with Crippen LogP contribution in [0, 0.1) is 5.92 Å². The van der Waals surface area contributed by atoms with Crippen LogP contribution < -0.4 is 10.0 Å². The molecule has 1 atom stereocenters. The lowest BCUT2D eigenvalue weighted by Gasteiger charge is -2.31. The molecule has 0 bridgehead atoms. The fourth-order valence-corrected chi connectivity index (χ4v) is 4.33. The molecule has 1 aliphatic heterocycles. The van der Waals surface area contributed by atoms with Gasteiger partial charge in [-0.1, -0.05) is 25.3 Å². The van der Waals surface area contributed by atoms with E-state index >= 15 is 0 Å². The lowest BCUT2D eigenvalue weighted by atomic mass is 9.94. The van der Waals surface area contributed by atoms with Gasteiger partial charge in [-0.25, -0.2) is 8.42 Å². The summed E-state index contributed by atoms with van der Waals surface area (Å²) in [6.45, 7) is 0.469. The molecule has 2 N–H and O–H groups in total. The molecule has 142 valence electrons. The Bertz CT molecular complexity index is 787. The molecule has 0 spiro atoms. The van der Waals surface area contributed by atoms with Crippen molar-refractivity contribution in [1.29, 1.82) is 0 Å². The highest BCUT2D eigenvalue weighted by atomic mass is 32.2. The number of benzene rings is 1. The van der Waals surface area contributed by atoms with E-state index in [2.05, 4.69) is 10.0 Å². The Labute approximate surface area is 154 Å². The van der Waals surface area contributed by atoms with E-state index in [4.69, 9.17) is 0 Å². The van der Waals surface area contributed by atoms with Crippen LogP contribution in [0.3, 0.4) is 0 Å². The molecule has 1 saturated carbocycles. The molecule has 1 heterocycles. The Hall–Kier alpha value is -2.09. The van der Waals surface area contributed by atoms with E-state index in [0.29, 0.717) is 17.9 Å². The maximum Gasteiger partial charge on any atom is 0.229 e. The molecule has 2 amide bonds. The first-order chi connectivity index (χ1) is 12.3. The molecule has 1 aromatic rings. The number of amides is 2. The molecule has 7 nitrogen and oxygen atoms in total. The third-order valence-corrected chi connectivity index (χ3v) is 5.58. The number of hydrogen-bond donors (Lipinski definition) is 2. The molecule has 2 aliphatic rings. The van der Waals surface area contributed by atoms with E-state index in [0.717, 1.165) is 31.9 Å². The molecule has 1 saturated heterocycles. The van der Waals surface area contributed by atoms with Gasteiger partial charge in [-0.2, -0.15) is 0 Å². The van der Waals surface area contributed by atoms with E-state index in [1.807, 2.05) is 4.90 Å². The summed E-state index contributed by atoms with van der Waals surface area (Å²) in [4.78, 5) is 26.8. The molecule has 3 rings (SSSR count). The summed E-state index contributed by atoms with van der Waals surface area (Å²) in [5.41, 5.74) is 0.892. The van der Waals surface area contributed by atoms with Gasteiger partial charge in [0.1, 0.15) is 0 Å². The van der Waals surface area contributed by atoms with Crippen LogP contribution in [0.25, 0.3) is 0 Å². The monoisotopic (exact) mass is 379 g/mol. The quantitative estimate of drug-likeness (QED) is 0.820. The van der Waals surface area contributed by atoms with Gasteiger partial charge in [0.25, 0.3) is 0 Å². The Balaban J connectivity index is 1.62. The number of anilines is 2. The first kappa shape index (κ1) is 18.7. The second kappa shape index (κ2) is 7.65. The van der Waals surface area contributed by atoms with Crippen molar-refractivity contribution in [2.45, 2.75) is 44.6 Å². The fraction of sp³-hybridized carbons (Fsp3) is 0.556. The standard InChI is InChI=1S/C18H25N3O4S/c1-26(24,25)20-15-7-5-6-14(11-15)19-18(23)13-10-17(22)21(12-13)16-8-3-2-4-9-16/h5-7,11,13,16,20H,2-4,8-10,12H2,1H3,(H,19,23). The summed E-state index contributed by atoms with van der Waals surface area (Å²) in [7, 11) is -3.38. The highest BCUT2D eigenvalue weighted by molar-refractivity contribution is 7.92. The number of nitrogens with zero attached hydrogens (tertiary/aromatic N) is 1. The summed E-state index contributed by atoms with van der Waals surface area (Å²) in [5, 5.41) is 2.80. The number of rotatable bonds is 5. The van der Waals surface area contributed by atoms with Crippen LogP contribution in [-0.2, 0) is 19.6 Å². The van der Waals surface area contributed by atoms with Crippen molar-refractivity contribution < 1.29 is 18.0 Å². The smallest absolute Gasteiger partial charge is 0.229 e. The van der Waals surface area contributed by atoms with Gasteiger partial charge in [0.05, 0.1) is 17.9 Å². The van der Waals surface area contributed by atoms with Gasteiger partial charge in [0, 0.05) is 24.7 Å². The minimum absolute atomic E-state index is 0.0598. The minimum atomic E-state index is -3.38. The zero-order valence-corrected chi connectivity index (χ0v) is 15.7. The molecule has 0 aromatic heterocycles. The summed E-state index contributed by atoms with van der Waals surface area (Å²) in [6.07, 6.45) is 6.88. The van der Waals surface area contributed by atoms with Gasteiger partial charge in [-0.05, 0) is 31.0 Å². The van der Waals surface area contributed by atoms with Crippen LogP contribution in [0.4, 0.5) is 11.4 Å². The molecule has 1 aromatic carbocycles. The first-order valence-electron chi connectivity index (χ1n) is 9.00. The fourth-order valence-electron chi connectivity index (χ4n) is 3.77. The van der Waals surface area contributed by atoms with Crippen LogP contribution >= 0.6 is 0 Å². The van der Waals surface area contributed by atoms with Crippen LogP contribution in [0.1, 0.15) is 38.5 Å². The van der Waals surface area contributed by atoms with E-state index in [9.17, 15) is 18.0 Å².